The van der Waals surface area contributed by atoms with Gasteiger partial charge in [0.1, 0.15) is 0 Å². The summed E-state index contributed by atoms with van der Waals surface area (Å²) in [5.41, 5.74) is 12.1. The summed E-state index contributed by atoms with van der Waals surface area (Å²) in [6, 6.07) is 3.89. The molecule has 3 heteroatoms. The van der Waals surface area contributed by atoms with Crippen molar-refractivity contribution in [2.24, 2.45) is 11.5 Å². The van der Waals surface area contributed by atoms with Crippen LogP contribution >= 0.6 is 0 Å². The van der Waals surface area contributed by atoms with Crippen LogP contribution in [0.5, 0.6) is 0 Å². The molecule has 1 aromatic rings. The Bertz CT molecular complexity index is 194. The van der Waals surface area contributed by atoms with Crippen molar-refractivity contribution in [1.29, 1.82) is 0 Å². The second kappa shape index (κ2) is 4.05. The van der Waals surface area contributed by atoms with Crippen molar-refractivity contribution < 1.29 is 0 Å². The van der Waals surface area contributed by atoms with Crippen LogP contribution in [0.4, 0.5) is 0 Å². The van der Waals surface area contributed by atoms with Crippen LogP contribution in [-0.4, -0.2) is 18.1 Å². The fourth-order valence-corrected chi connectivity index (χ4v) is 0.986. The van der Waals surface area contributed by atoms with E-state index in [-0.39, 0.29) is 5.92 Å². The van der Waals surface area contributed by atoms with E-state index in [9.17, 15) is 0 Å². The lowest BCUT2D eigenvalue weighted by atomic mass is 10.0. The van der Waals surface area contributed by atoms with Crippen LogP contribution in [0.3, 0.4) is 0 Å². The zero-order chi connectivity index (χ0) is 8.10. The van der Waals surface area contributed by atoms with Gasteiger partial charge in [-0.2, -0.15) is 0 Å². The minimum Gasteiger partial charge on any atom is -0.330 e. The number of nitrogens with two attached hydrogens (primary N) is 2. The first-order valence-corrected chi connectivity index (χ1v) is 3.68. The van der Waals surface area contributed by atoms with Gasteiger partial charge in [-0.15, -0.1) is 0 Å². The van der Waals surface area contributed by atoms with Gasteiger partial charge in [0.05, 0.1) is 0 Å². The van der Waals surface area contributed by atoms with E-state index < -0.39 is 0 Å². The van der Waals surface area contributed by atoms with Crippen molar-refractivity contribution >= 4 is 0 Å². The molecule has 0 unspecified atom stereocenters. The van der Waals surface area contributed by atoms with E-state index >= 15 is 0 Å². The van der Waals surface area contributed by atoms with Gasteiger partial charge in [0.25, 0.3) is 0 Å². The summed E-state index contributed by atoms with van der Waals surface area (Å²) in [7, 11) is 0. The molecule has 0 radical (unpaired) electrons. The Kier molecular flexibility index (Phi) is 3.01. The van der Waals surface area contributed by atoms with Gasteiger partial charge < -0.3 is 11.5 Å². The van der Waals surface area contributed by atoms with Crippen molar-refractivity contribution in [1.82, 2.24) is 4.98 Å². The highest BCUT2D eigenvalue weighted by molar-refractivity contribution is 5.15. The molecule has 0 aliphatic rings. The van der Waals surface area contributed by atoms with Crippen LogP contribution in [-0.2, 0) is 0 Å². The van der Waals surface area contributed by atoms with Gasteiger partial charge >= 0.3 is 0 Å². The van der Waals surface area contributed by atoms with E-state index in [1.807, 2.05) is 18.3 Å². The van der Waals surface area contributed by atoms with Crippen molar-refractivity contribution in [3.8, 4) is 0 Å². The number of aromatic nitrogens is 1. The maximum atomic E-state index is 5.51. The number of nitrogens with zero attached hydrogens (tertiary/aromatic N) is 1. The SMILES string of the molecule is NCC(CN)c1cccnc1. The zero-order valence-corrected chi connectivity index (χ0v) is 6.40. The van der Waals surface area contributed by atoms with Crippen molar-refractivity contribution in [3.63, 3.8) is 0 Å². The van der Waals surface area contributed by atoms with Crippen LogP contribution in [0.25, 0.3) is 0 Å². The first-order chi connectivity index (χ1) is 5.38. The average Bonchev–Trinajstić information content (AvgIpc) is 2.09. The van der Waals surface area contributed by atoms with Gasteiger partial charge in [0.15, 0.2) is 0 Å². The zero-order valence-electron chi connectivity index (χ0n) is 6.40. The molecule has 1 aromatic heterocycles. The molecule has 60 valence electrons. The second-order valence-electron chi connectivity index (χ2n) is 2.45. The molecule has 4 N–H and O–H groups in total. The van der Waals surface area contributed by atoms with Gasteiger partial charge in [-0.05, 0) is 11.6 Å². The van der Waals surface area contributed by atoms with Crippen LogP contribution in [0.1, 0.15) is 11.5 Å². The average molecular weight is 151 g/mol. The number of pyridine rings is 1. The first kappa shape index (κ1) is 8.17. The lowest BCUT2D eigenvalue weighted by molar-refractivity contribution is 0.705. The normalized spacial score (nSPS) is 10.5. The highest BCUT2D eigenvalue weighted by Gasteiger charge is 2.05. The summed E-state index contributed by atoms with van der Waals surface area (Å²) in [5.74, 6) is 0.253. The van der Waals surface area contributed by atoms with Crippen molar-refractivity contribution in [2.45, 2.75) is 5.92 Å². The Morgan fingerprint density at radius 2 is 2.09 bits per heavy atom. The van der Waals surface area contributed by atoms with Crippen molar-refractivity contribution in [3.05, 3.63) is 30.1 Å². The third-order valence-corrected chi connectivity index (χ3v) is 1.72. The van der Waals surface area contributed by atoms with Crippen LogP contribution in [0.15, 0.2) is 24.5 Å². The maximum absolute atomic E-state index is 5.51. The van der Waals surface area contributed by atoms with E-state index in [1.54, 1.807) is 6.20 Å². The smallest absolute Gasteiger partial charge is 0.0303 e. The Hall–Kier alpha value is -0.930. The van der Waals surface area contributed by atoms with Gasteiger partial charge in [-0.1, -0.05) is 6.07 Å². The molecule has 0 aliphatic heterocycles. The molecule has 0 saturated heterocycles. The Balaban J connectivity index is 2.74. The van der Waals surface area contributed by atoms with E-state index in [4.69, 9.17) is 11.5 Å². The fraction of sp³-hybridized carbons (Fsp3) is 0.375. The van der Waals surface area contributed by atoms with Crippen LogP contribution in [0.2, 0.25) is 0 Å². The third-order valence-electron chi connectivity index (χ3n) is 1.72. The van der Waals surface area contributed by atoms with E-state index in [0.717, 1.165) is 5.56 Å². The molecule has 11 heavy (non-hydrogen) atoms. The summed E-state index contributed by atoms with van der Waals surface area (Å²) in [5, 5.41) is 0. The Labute approximate surface area is 66.4 Å². The number of hydrogen-bond acceptors (Lipinski definition) is 3. The highest BCUT2D eigenvalue weighted by atomic mass is 14.7. The fourth-order valence-electron chi connectivity index (χ4n) is 0.986. The summed E-state index contributed by atoms with van der Waals surface area (Å²) in [4.78, 5) is 3.99. The van der Waals surface area contributed by atoms with Crippen LogP contribution in [0, 0.1) is 0 Å². The summed E-state index contributed by atoms with van der Waals surface area (Å²) in [6.07, 6.45) is 3.55. The molecule has 0 aromatic carbocycles. The van der Waals surface area contributed by atoms with E-state index in [2.05, 4.69) is 4.98 Å². The van der Waals surface area contributed by atoms with Gasteiger partial charge in [-0.3, -0.25) is 4.98 Å². The predicted octanol–water partition coefficient (Wildman–Crippen LogP) is 0.0826. The quantitative estimate of drug-likeness (QED) is 0.643. The molecular formula is C8H13N3. The molecule has 3 nitrogen and oxygen atoms in total. The molecule has 0 atom stereocenters. The Morgan fingerprint density at radius 3 is 2.55 bits per heavy atom. The standard InChI is InChI=1S/C8H13N3/c9-4-8(5-10)7-2-1-3-11-6-7/h1-3,6,8H,4-5,9-10H2. The predicted molar refractivity (Wildman–Crippen MR) is 45.1 cm³/mol. The molecule has 0 saturated carbocycles. The minimum absolute atomic E-state index is 0.253. The molecule has 1 rings (SSSR count). The van der Waals surface area contributed by atoms with E-state index in [1.165, 1.54) is 0 Å². The largest absolute Gasteiger partial charge is 0.330 e. The minimum atomic E-state index is 0.253. The number of rotatable bonds is 3. The summed E-state index contributed by atoms with van der Waals surface area (Å²) >= 11 is 0. The van der Waals surface area contributed by atoms with Gasteiger partial charge in [0.2, 0.25) is 0 Å². The molecule has 0 aliphatic carbocycles. The van der Waals surface area contributed by atoms with Gasteiger partial charge in [-0.25, -0.2) is 0 Å². The molecule has 0 amide bonds. The number of hydrogen-bond donors (Lipinski definition) is 2. The van der Waals surface area contributed by atoms with Crippen molar-refractivity contribution in [2.75, 3.05) is 13.1 Å². The molecule has 0 spiro atoms. The van der Waals surface area contributed by atoms with E-state index in [0.29, 0.717) is 13.1 Å². The topological polar surface area (TPSA) is 64.9 Å². The molecule has 1 heterocycles. The Morgan fingerprint density at radius 1 is 1.36 bits per heavy atom. The highest BCUT2D eigenvalue weighted by Crippen LogP contribution is 2.09. The molecular weight excluding hydrogens is 138 g/mol. The third kappa shape index (κ3) is 2.00. The lowest BCUT2D eigenvalue weighted by Crippen LogP contribution is -2.21. The maximum Gasteiger partial charge on any atom is 0.0303 e. The lowest BCUT2D eigenvalue weighted by Gasteiger charge is -2.10. The molecule has 0 bridgehead atoms. The monoisotopic (exact) mass is 151 g/mol. The van der Waals surface area contributed by atoms with Crippen LogP contribution < -0.4 is 11.5 Å². The second-order valence-corrected chi connectivity index (χ2v) is 2.45. The summed E-state index contributed by atoms with van der Waals surface area (Å²) < 4.78 is 0. The van der Waals surface area contributed by atoms with Gasteiger partial charge in [0, 0.05) is 31.4 Å². The molecule has 0 fully saturated rings. The first-order valence-electron chi connectivity index (χ1n) is 3.68. The summed E-state index contributed by atoms with van der Waals surface area (Å²) in [6.45, 7) is 1.17.